The number of hydrogen-bond acceptors (Lipinski definition) is 2. The molecule has 0 aliphatic carbocycles. The highest BCUT2D eigenvalue weighted by Crippen LogP contribution is 2.23. The third-order valence-electron chi connectivity index (χ3n) is 3.79. The van der Waals surface area contributed by atoms with E-state index in [4.69, 9.17) is 4.74 Å². The summed E-state index contributed by atoms with van der Waals surface area (Å²) < 4.78 is 5.79. The minimum absolute atomic E-state index is 0.332. The molecule has 1 N–H and O–H groups in total. The van der Waals surface area contributed by atoms with Crippen molar-refractivity contribution in [3.05, 3.63) is 65.2 Å². The van der Waals surface area contributed by atoms with Gasteiger partial charge in [-0.15, -0.1) is 0 Å². The molecule has 2 aromatic carbocycles. The van der Waals surface area contributed by atoms with Crippen molar-refractivity contribution in [1.29, 1.82) is 0 Å². The van der Waals surface area contributed by atoms with Crippen LogP contribution in [0.15, 0.2) is 48.5 Å². The Morgan fingerprint density at radius 1 is 1.00 bits per heavy atom. The molecular formula is C18H23NO. The fourth-order valence-corrected chi connectivity index (χ4v) is 2.42. The molecule has 2 nitrogen and oxygen atoms in total. The molecule has 0 saturated carbocycles. The zero-order valence-electron chi connectivity index (χ0n) is 12.5. The first kappa shape index (κ1) is 14.6. The van der Waals surface area contributed by atoms with Crippen molar-refractivity contribution in [2.75, 3.05) is 13.7 Å². The summed E-state index contributed by atoms with van der Waals surface area (Å²) in [7, 11) is 2.01. The van der Waals surface area contributed by atoms with Crippen LogP contribution in [0.2, 0.25) is 0 Å². The smallest absolute Gasteiger partial charge is 0.119 e. The number of hydrogen-bond donors (Lipinski definition) is 1. The summed E-state index contributed by atoms with van der Waals surface area (Å²) in [6, 6.07) is 16.8. The Balaban J connectivity index is 1.97. The number of para-hydroxylation sites is 1. The zero-order chi connectivity index (χ0) is 14.4. The summed E-state index contributed by atoms with van der Waals surface area (Å²) in [4.78, 5) is 0. The largest absolute Gasteiger partial charge is 0.494 e. The fourth-order valence-electron chi connectivity index (χ4n) is 2.42. The monoisotopic (exact) mass is 269 g/mol. The van der Waals surface area contributed by atoms with Crippen molar-refractivity contribution < 1.29 is 4.74 Å². The van der Waals surface area contributed by atoms with Crippen molar-refractivity contribution in [2.45, 2.75) is 26.3 Å². The van der Waals surface area contributed by atoms with Crippen LogP contribution in [0.1, 0.15) is 29.2 Å². The Morgan fingerprint density at radius 2 is 1.75 bits per heavy atom. The molecule has 0 heterocycles. The van der Waals surface area contributed by atoms with Crippen LogP contribution in [0.3, 0.4) is 0 Å². The normalized spacial score (nSPS) is 12.2. The topological polar surface area (TPSA) is 21.3 Å². The minimum atomic E-state index is 0.332. The summed E-state index contributed by atoms with van der Waals surface area (Å²) in [5.74, 6) is 0.934. The van der Waals surface area contributed by atoms with Gasteiger partial charge in [-0.25, -0.2) is 0 Å². The van der Waals surface area contributed by atoms with Gasteiger partial charge in [-0.1, -0.05) is 36.4 Å². The Morgan fingerprint density at radius 3 is 2.45 bits per heavy atom. The Bertz CT molecular complexity index is 536. The van der Waals surface area contributed by atoms with E-state index in [-0.39, 0.29) is 0 Å². The van der Waals surface area contributed by atoms with Gasteiger partial charge in [0.25, 0.3) is 0 Å². The SMILES string of the molecule is CNC(CCOc1ccccc1)c1cccc(C)c1C. The summed E-state index contributed by atoms with van der Waals surface area (Å²) in [6.07, 6.45) is 0.954. The number of aryl methyl sites for hydroxylation is 1. The summed E-state index contributed by atoms with van der Waals surface area (Å²) in [6.45, 7) is 5.06. The molecule has 0 spiro atoms. The van der Waals surface area contributed by atoms with E-state index in [9.17, 15) is 0 Å². The first-order chi connectivity index (χ1) is 9.72. The zero-order valence-corrected chi connectivity index (χ0v) is 12.5. The molecule has 2 aromatic rings. The lowest BCUT2D eigenvalue weighted by atomic mass is 9.96. The van der Waals surface area contributed by atoms with E-state index in [1.807, 2.05) is 37.4 Å². The molecule has 0 aliphatic rings. The van der Waals surface area contributed by atoms with Crippen molar-refractivity contribution >= 4 is 0 Å². The van der Waals surface area contributed by atoms with E-state index in [2.05, 4.69) is 37.4 Å². The Labute approximate surface area is 121 Å². The van der Waals surface area contributed by atoms with Crippen LogP contribution in [-0.4, -0.2) is 13.7 Å². The highest BCUT2D eigenvalue weighted by Gasteiger charge is 2.12. The molecule has 0 bridgehead atoms. The van der Waals surface area contributed by atoms with Gasteiger partial charge in [0.15, 0.2) is 0 Å². The van der Waals surface area contributed by atoms with Crippen LogP contribution < -0.4 is 10.1 Å². The van der Waals surface area contributed by atoms with E-state index in [0.717, 1.165) is 12.2 Å². The van der Waals surface area contributed by atoms with E-state index < -0.39 is 0 Å². The highest BCUT2D eigenvalue weighted by atomic mass is 16.5. The van der Waals surface area contributed by atoms with Crippen LogP contribution in [0, 0.1) is 13.8 Å². The third-order valence-corrected chi connectivity index (χ3v) is 3.79. The molecule has 0 aliphatic heterocycles. The molecule has 2 heteroatoms. The molecule has 0 amide bonds. The van der Waals surface area contributed by atoms with Gasteiger partial charge >= 0.3 is 0 Å². The average Bonchev–Trinajstić information content (AvgIpc) is 2.48. The second-order valence-electron chi connectivity index (χ2n) is 5.08. The van der Waals surface area contributed by atoms with Crippen LogP contribution in [0.25, 0.3) is 0 Å². The lowest BCUT2D eigenvalue weighted by Gasteiger charge is -2.20. The van der Waals surface area contributed by atoms with Crippen molar-refractivity contribution in [2.24, 2.45) is 0 Å². The van der Waals surface area contributed by atoms with Gasteiger partial charge in [0.05, 0.1) is 6.61 Å². The molecule has 1 atom stereocenters. The van der Waals surface area contributed by atoms with Gasteiger partial charge in [-0.3, -0.25) is 0 Å². The molecule has 20 heavy (non-hydrogen) atoms. The molecule has 106 valence electrons. The summed E-state index contributed by atoms with van der Waals surface area (Å²) >= 11 is 0. The minimum Gasteiger partial charge on any atom is -0.494 e. The van der Waals surface area contributed by atoms with E-state index in [1.165, 1.54) is 16.7 Å². The van der Waals surface area contributed by atoms with Crippen LogP contribution >= 0.6 is 0 Å². The second-order valence-corrected chi connectivity index (χ2v) is 5.08. The molecular weight excluding hydrogens is 246 g/mol. The first-order valence-electron chi connectivity index (χ1n) is 7.13. The number of rotatable bonds is 6. The van der Waals surface area contributed by atoms with Gasteiger partial charge in [0, 0.05) is 12.5 Å². The fraction of sp³-hybridized carbons (Fsp3) is 0.333. The van der Waals surface area contributed by atoms with Gasteiger partial charge in [0.1, 0.15) is 5.75 Å². The van der Waals surface area contributed by atoms with Crippen molar-refractivity contribution in [1.82, 2.24) is 5.32 Å². The lowest BCUT2D eigenvalue weighted by molar-refractivity contribution is 0.290. The lowest BCUT2D eigenvalue weighted by Crippen LogP contribution is -2.20. The number of benzene rings is 2. The van der Waals surface area contributed by atoms with Crippen molar-refractivity contribution in [3.8, 4) is 5.75 Å². The maximum absolute atomic E-state index is 5.79. The number of ether oxygens (including phenoxy) is 1. The van der Waals surface area contributed by atoms with Gasteiger partial charge in [-0.2, -0.15) is 0 Å². The summed E-state index contributed by atoms with van der Waals surface area (Å²) in [5.41, 5.74) is 4.07. The Kier molecular flexibility index (Phi) is 5.19. The average molecular weight is 269 g/mol. The molecule has 0 aromatic heterocycles. The van der Waals surface area contributed by atoms with E-state index in [0.29, 0.717) is 12.6 Å². The first-order valence-corrected chi connectivity index (χ1v) is 7.13. The highest BCUT2D eigenvalue weighted by molar-refractivity contribution is 5.35. The van der Waals surface area contributed by atoms with Crippen molar-refractivity contribution in [3.63, 3.8) is 0 Å². The quantitative estimate of drug-likeness (QED) is 0.854. The summed E-state index contributed by atoms with van der Waals surface area (Å²) in [5, 5.41) is 3.39. The molecule has 1 unspecified atom stereocenters. The molecule has 2 rings (SSSR count). The van der Waals surface area contributed by atoms with Crippen LogP contribution in [-0.2, 0) is 0 Å². The predicted molar refractivity (Wildman–Crippen MR) is 84.3 cm³/mol. The van der Waals surface area contributed by atoms with Gasteiger partial charge in [0.2, 0.25) is 0 Å². The molecule has 0 radical (unpaired) electrons. The van der Waals surface area contributed by atoms with Gasteiger partial charge < -0.3 is 10.1 Å². The molecule has 0 fully saturated rings. The Hall–Kier alpha value is -1.80. The standard InChI is InChI=1S/C18H23NO/c1-14-8-7-11-17(15(14)2)18(19-3)12-13-20-16-9-5-4-6-10-16/h4-11,18-19H,12-13H2,1-3H3. The maximum Gasteiger partial charge on any atom is 0.119 e. The number of nitrogens with one attached hydrogen (secondary N) is 1. The van der Waals surface area contributed by atoms with Crippen LogP contribution in [0.5, 0.6) is 5.75 Å². The molecule has 0 saturated heterocycles. The van der Waals surface area contributed by atoms with Crippen LogP contribution in [0.4, 0.5) is 0 Å². The van der Waals surface area contributed by atoms with E-state index >= 15 is 0 Å². The maximum atomic E-state index is 5.79. The second kappa shape index (κ2) is 7.11. The van der Waals surface area contributed by atoms with E-state index in [1.54, 1.807) is 0 Å². The van der Waals surface area contributed by atoms with Gasteiger partial charge in [-0.05, 0) is 49.7 Å². The predicted octanol–water partition coefficient (Wildman–Crippen LogP) is 4.03. The third kappa shape index (κ3) is 3.61.